The molecule has 0 N–H and O–H groups in total. The largest absolute Gasteiger partial charge is 0.0652 e. The van der Waals surface area contributed by atoms with Crippen LogP contribution in [0.4, 0.5) is 0 Å². The molecule has 0 nitrogen and oxygen atoms in total. The SMILES string of the molecule is CCCC1=Cc2c(CCC)cccc2C1. The summed E-state index contributed by atoms with van der Waals surface area (Å²) >= 11 is 0. The second-order valence-electron chi connectivity index (χ2n) is 4.47. The van der Waals surface area contributed by atoms with Crippen molar-refractivity contribution in [2.75, 3.05) is 0 Å². The molecule has 0 unspecified atom stereocenters. The number of aryl methyl sites for hydroxylation is 1. The first-order chi connectivity index (χ1) is 7.35. The Morgan fingerprint density at radius 1 is 1.07 bits per heavy atom. The Bertz CT molecular complexity index is 372. The molecule has 0 amide bonds. The lowest BCUT2D eigenvalue weighted by Gasteiger charge is -2.05. The minimum Gasteiger partial charge on any atom is -0.0652 e. The van der Waals surface area contributed by atoms with Crippen molar-refractivity contribution >= 4 is 6.08 Å². The highest BCUT2D eigenvalue weighted by Crippen LogP contribution is 2.30. The zero-order chi connectivity index (χ0) is 10.7. The monoisotopic (exact) mass is 200 g/mol. The molecule has 0 bridgehead atoms. The van der Waals surface area contributed by atoms with E-state index in [1.165, 1.54) is 37.7 Å². The molecule has 1 aromatic rings. The minimum absolute atomic E-state index is 1.20. The summed E-state index contributed by atoms with van der Waals surface area (Å²) in [6.45, 7) is 4.52. The van der Waals surface area contributed by atoms with Crippen LogP contribution >= 0.6 is 0 Å². The molecule has 0 saturated heterocycles. The molecule has 0 fully saturated rings. The van der Waals surface area contributed by atoms with Crippen LogP contribution in [0.2, 0.25) is 0 Å². The number of rotatable bonds is 4. The van der Waals surface area contributed by atoms with Gasteiger partial charge in [0.15, 0.2) is 0 Å². The molecule has 1 aliphatic carbocycles. The highest BCUT2D eigenvalue weighted by atomic mass is 14.2. The van der Waals surface area contributed by atoms with E-state index in [0.717, 1.165) is 0 Å². The molecule has 15 heavy (non-hydrogen) atoms. The van der Waals surface area contributed by atoms with E-state index in [2.05, 4.69) is 38.1 Å². The molecule has 80 valence electrons. The van der Waals surface area contributed by atoms with Gasteiger partial charge < -0.3 is 0 Å². The lowest BCUT2D eigenvalue weighted by atomic mass is 10.0. The molecule has 0 heterocycles. The Morgan fingerprint density at radius 2 is 1.87 bits per heavy atom. The Morgan fingerprint density at radius 3 is 2.60 bits per heavy atom. The number of fused-ring (bicyclic) bond motifs is 1. The summed E-state index contributed by atoms with van der Waals surface area (Å²) in [6.07, 6.45) is 8.63. The Kier molecular flexibility index (Phi) is 3.25. The Hall–Kier alpha value is -1.04. The van der Waals surface area contributed by atoms with E-state index in [4.69, 9.17) is 0 Å². The third kappa shape index (κ3) is 2.14. The van der Waals surface area contributed by atoms with E-state index < -0.39 is 0 Å². The fraction of sp³-hybridized carbons (Fsp3) is 0.467. The molecular weight excluding hydrogens is 180 g/mol. The van der Waals surface area contributed by atoms with Crippen molar-refractivity contribution < 1.29 is 0 Å². The maximum atomic E-state index is 2.43. The summed E-state index contributed by atoms with van der Waals surface area (Å²) in [5, 5.41) is 0. The molecule has 0 aromatic heterocycles. The van der Waals surface area contributed by atoms with Crippen molar-refractivity contribution in [2.24, 2.45) is 0 Å². The van der Waals surface area contributed by atoms with Gasteiger partial charge in [0, 0.05) is 0 Å². The normalized spacial score (nSPS) is 13.9. The van der Waals surface area contributed by atoms with E-state index in [-0.39, 0.29) is 0 Å². The van der Waals surface area contributed by atoms with E-state index in [0.29, 0.717) is 0 Å². The van der Waals surface area contributed by atoms with Crippen LogP contribution in [0.25, 0.3) is 6.08 Å². The van der Waals surface area contributed by atoms with Crippen LogP contribution in [-0.4, -0.2) is 0 Å². The van der Waals surface area contributed by atoms with Gasteiger partial charge >= 0.3 is 0 Å². The number of hydrogen-bond donors (Lipinski definition) is 0. The average molecular weight is 200 g/mol. The molecule has 0 saturated carbocycles. The van der Waals surface area contributed by atoms with Gasteiger partial charge in [0.1, 0.15) is 0 Å². The first kappa shape index (κ1) is 10.5. The van der Waals surface area contributed by atoms with Crippen molar-refractivity contribution in [3.05, 3.63) is 40.5 Å². The van der Waals surface area contributed by atoms with Crippen molar-refractivity contribution in [2.45, 2.75) is 46.0 Å². The van der Waals surface area contributed by atoms with Crippen molar-refractivity contribution in [3.63, 3.8) is 0 Å². The van der Waals surface area contributed by atoms with Crippen LogP contribution in [0.1, 0.15) is 49.8 Å². The van der Waals surface area contributed by atoms with Crippen LogP contribution in [0.5, 0.6) is 0 Å². The van der Waals surface area contributed by atoms with Gasteiger partial charge in [-0.15, -0.1) is 0 Å². The number of benzene rings is 1. The highest BCUT2D eigenvalue weighted by molar-refractivity contribution is 5.66. The highest BCUT2D eigenvalue weighted by Gasteiger charge is 2.14. The van der Waals surface area contributed by atoms with Crippen LogP contribution < -0.4 is 0 Å². The predicted molar refractivity (Wildman–Crippen MR) is 67.0 cm³/mol. The van der Waals surface area contributed by atoms with Crippen LogP contribution in [0.3, 0.4) is 0 Å². The predicted octanol–water partition coefficient (Wildman–Crippen LogP) is 4.38. The Balaban J connectivity index is 2.28. The second-order valence-corrected chi connectivity index (χ2v) is 4.47. The smallest absolute Gasteiger partial charge is 0.00577 e. The van der Waals surface area contributed by atoms with E-state index in [1.54, 1.807) is 16.7 Å². The molecule has 1 aromatic carbocycles. The molecule has 0 atom stereocenters. The lowest BCUT2D eigenvalue weighted by molar-refractivity contribution is 0.885. The molecule has 2 rings (SSSR count). The molecule has 0 aliphatic heterocycles. The van der Waals surface area contributed by atoms with Gasteiger partial charge in [-0.1, -0.05) is 56.5 Å². The second kappa shape index (κ2) is 4.65. The Labute approximate surface area is 93.0 Å². The van der Waals surface area contributed by atoms with Gasteiger partial charge in [-0.3, -0.25) is 0 Å². The standard InChI is InChI=1S/C15H20/c1-3-6-12-10-14-9-5-8-13(7-4-2)15(14)11-12/h5,8-9,11H,3-4,6-7,10H2,1-2H3. The van der Waals surface area contributed by atoms with Gasteiger partial charge in [-0.25, -0.2) is 0 Å². The van der Waals surface area contributed by atoms with E-state index in [1.807, 2.05) is 0 Å². The third-order valence-corrected chi connectivity index (χ3v) is 3.14. The quantitative estimate of drug-likeness (QED) is 0.676. The first-order valence-electron chi connectivity index (χ1n) is 6.15. The fourth-order valence-electron chi connectivity index (χ4n) is 2.47. The van der Waals surface area contributed by atoms with Gasteiger partial charge in [0.05, 0.1) is 0 Å². The van der Waals surface area contributed by atoms with Gasteiger partial charge in [-0.05, 0) is 36.0 Å². The van der Waals surface area contributed by atoms with E-state index in [9.17, 15) is 0 Å². The molecule has 0 heteroatoms. The summed E-state index contributed by atoms with van der Waals surface area (Å²) in [7, 11) is 0. The molecule has 0 spiro atoms. The topological polar surface area (TPSA) is 0 Å². The van der Waals surface area contributed by atoms with E-state index >= 15 is 0 Å². The summed E-state index contributed by atoms with van der Waals surface area (Å²) < 4.78 is 0. The van der Waals surface area contributed by atoms with Crippen LogP contribution in [0, 0.1) is 0 Å². The summed E-state index contributed by atoms with van der Waals surface area (Å²) in [6, 6.07) is 6.79. The van der Waals surface area contributed by atoms with Gasteiger partial charge in [0.2, 0.25) is 0 Å². The molecular formula is C15H20. The van der Waals surface area contributed by atoms with Gasteiger partial charge in [-0.2, -0.15) is 0 Å². The zero-order valence-corrected chi connectivity index (χ0v) is 9.84. The molecule has 1 aliphatic rings. The minimum atomic E-state index is 1.20. The molecule has 0 radical (unpaired) electrons. The van der Waals surface area contributed by atoms with Crippen LogP contribution in [-0.2, 0) is 12.8 Å². The summed E-state index contributed by atoms with van der Waals surface area (Å²) in [4.78, 5) is 0. The maximum absolute atomic E-state index is 2.43. The number of hydrogen-bond acceptors (Lipinski definition) is 0. The van der Waals surface area contributed by atoms with Crippen molar-refractivity contribution in [1.29, 1.82) is 0 Å². The lowest BCUT2D eigenvalue weighted by Crippen LogP contribution is -1.90. The van der Waals surface area contributed by atoms with Gasteiger partial charge in [0.25, 0.3) is 0 Å². The zero-order valence-electron chi connectivity index (χ0n) is 9.84. The third-order valence-electron chi connectivity index (χ3n) is 3.14. The van der Waals surface area contributed by atoms with Crippen molar-refractivity contribution in [1.82, 2.24) is 0 Å². The first-order valence-corrected chi connectivity index (χ1v) is 6.15. The summed E-state index contributed by atoms with van der Waals surface area (Å²) in [5.74, 6) is 0. The average Bonchev–Trinajstić information content (AvgIpc) is 2.62. The van der Waals surface area contributed by atoms with Crippen LogP contribution in [0.15, 0.2) is 23.8 Å². The summed E-state index contributed by atoms with van der Waals surface area (Å²) in [5.41, 5.74) is 6.24. The maximum Gasteiger partial charge on any atom is -0.00577 e. The van der Waals surface area contributed by atoms with Crippen molar-refractivity contribution in [3.8, 4) is 0 Å². The fourth-order valence-corrected chi connectivity index (χ4v) is 2.47. The number of allylic oxidation sites excluding steroid dienone is 1.